The van der Waals surface area contributed by atoms with Gasteiger partial charge in [0.25, 0.3) is 0 Å². The molecule has 0 radical (unpaired) electrons. The summed E-state index contributed by atoms with van der Waals surface area (Å²) in [5.74, 6) is 0.570. The standard InChI is InChI=1S/C15H19F3O2/c1-10-6-7-14(19,9-11(10)2)12-4-3-5-13(8-12)20-15(16,17)18/h3-5,8,10-11,19H,6-7,9H2,1-2H3. The number of aliphatic hydroxyl groups is 1. The van der Waals surface area contributed by atoms with Crippen LogP contribution in [0.25, 0.3) is 0 Å². The molecule has 1 N–H and O–H groups in total. The Morgan fingerprint density at radius 3 is 2.55 bits per heavy atom. The molecular weight excluding hydrogens is 269 g/mol. The predicted molar refractivity (Wildman–Crippen MR) is 69.2 cm³/mol. The van der Waals surface area contributed by atoms with Crippen LogP contribution in [-0.2, 0) is 5.60 Å². The van der Waals surface area contributed by atoms with Crippen molar-refractivity contribution < 1.29 is 23.0 Å². The summed E-state index contributed by atoms with van der Waals surface area (Å²) in [6.07, 6.45) is -2.73. The van der Waals surface area contributed by atoms with Gasteiger partial charge in [-0.2, -0.15) is 0 Å². The molecule has 1 aromatic rings. The van der Waals surface area contributed by atoms with Crippen molar-refractivity contribution in [1.82, 2.24) is 0 Å². The van der Waals surface area contributed by atoms with Gasteiger partial charge in [-0.25, -0.2) is 0 Å². The fourth-order valence-electron chi connectivity index (χ4n) is 2.83. The fraction of sp³-hybridized carbons (Fsp3) is 0.600. The summed E-state index contributed by atoms with van der Waals surface area (Å²) in [4.78, 5) is 0. The number of ether oxygens (including phenoxy) is 1. The molecule has 1 saturated carbocycles. The van der Waals surface area contributed by atoms with E-state index in [-0.39, 0.29) is 5.75 Å². The molecular formula is C15H19F3O2. The number of benzene rings is 1. The van der Waals surface area contributed by atoms with Crippen LogP contribution in [0.3, 0.4) is 0 Å². The van der Waals surface area contributed by atoms with E-state index in [4.69, 9.17) is 0 Å². The summed E-state index contributed by atoms with van der Waals surface area (Å²) < 4.78 is 40.6. The zero-order valence-corrected chi connectivity index (χ0v) is 11.6. The zero-order chi connectivity index (χ0) is 15.0. The van der Waals surface area contributed by atoms with Crippen molar-refractivity contribution in [3.8, 4) is 5.75 Å². The first kappa shape index (κ1) is 15.2. The van der Waals surface area contributed by atoms with Gasteiger partial charge in [0.15, 0.2) is 0 Å². The second-order valence-corrected chi connectivity index (χ2v) is 5.80. The molecule has 0 aromatic heterocycles. The first-order valence-corrected chi connectivity index (χ1v) is 6.78. The van der Waals surface area contributed by atoms with Crippen LogP contribution in [0.1, 0.15) is 38.7 Å². The highest BCUT2D eigenvalue weighted by Gasteiger charge is 2.38. The summed E-state index contributed by atoms with van der Waals surface area (Å²) in [5, 5.41) is 10.7. The molecule has 1 aliphatic rings. The molecule has 0 bridgehead atoms. The molecule has 2 nitrogen and oxygen atoms in total. The first-order valence-electron chi connectivity index (χ1n) is 6.78. The van der Waals surface area contributed by atoms with Crippen LogP contribution in [-0.4, -0.2) is 11.5 Å². The highest BCUT2D eigenvalue weighted by Crippen LogP contribution is 2.43. The highest BCUT2D eigenvalue weighted by molar-refractivity contribution is 5.33. The molecule has 2 rings (SSSR count). The Kier molecular flexibility index (Phi) is 4.00. The van der Waals surface area contributed by atoms with Gasteiger partial charge in [0.05, 0.1) is 5.60 Å². The smallest absolute Gasteiger partial charge is 0.406 e. The molecule has 0 aliphatic heterocycles. The van der Waals surface area contributed by atoms with Crippen molar-refractivity contribution in [2.24, 2.45) is 11.8 Å². The van der Waals surface area contributed by atoms with Crippen molar-refractivity contribution in [3.63, 3.8) is 0 Å². The van der Waals surface area contributed by atoms with Crippen LogP contribution in [0.5, 0.6) is 5.75 Å². The number of hydrogen-bond acceptors (Lipinski definition) is 2. The average molecular weight is 288 g/mol. The monoisotopic (exact) mass is 288 g/mol. The molecule has 0 heterocycles. The van der Waals surface area contributed by atoms with Crippen LogP contribution in [0, 0.1) is 11.8 Å². The number of rotatable bonds is 2. The molecule has 5 heteroatoms. The van der Waals surface area contributed by atoms with E-state index in [1.807, 2.05) is 0 Å². The van der Waals surface area contributed by atoms with Gasteiger partial charge in [0, 0.05) is 0 Å². The Balaban J connectivity index is 2.22. The molecule has 3 unspecified atom stereocenters. The molecule has 112 valence electrons. The highest BCUT2D eigenvalue weighted by atomic mass is 19.4. The summed E-state index contributed by atoms with van der Waals surface area (Å²) >= 11 is 0. The third kappa shape index (κ3) is 3.45. The van der Waals surface area contributed by atoms with Crippen LogP contribution in [0.2, 0.25) is 0 Å². The van der Waals surface area contributed by atoms with Gasteiger partial charge in [-0.1, -0.05) is 26.0 Å². The van der Waals surface area contributed by atoms with E-state index in [1.54, 1.807) is 6.07 Å². The molecule has 0 saturated heterocycles. The van der Waals surface area contributed by atoms with E-state index in [2.05, 4.69) is 18.6 Å². The largest absolute Gasteiger partial charge is 0.573 e. The zero-order valence-electron chi connectivity index (χ0n) is 11.6. The number of alkyl halides is 3. The van der Waals surface area contributed by atoms with Gasteiger partial charge >= 0.3 is 6.36 Å². The molecule has 1 aliphatic carbocycles. The normalized spacial score (nSPS) is 31.1. The van der Waals surface area contributed by atoms with Gasteiger partial charge in [-0.3, -0.25) is 0 Å². The van der Waals surface area contributed by atoms with Gasteiger partial charge in [-0.15, -0.1) is 13.2 Å². The van der Waals surface area contributed by atoms with E-state index in [1.165, 1.54) is 18.2 Å². The summed E-state index contributed by atoms with van der Waals surface area (Å²) in [6.45, 7) is 4.19. The van der Waals surface area contributed by atoms with Crippen molar-refractivity contribution in [1.29, 1.82) is 0 Å². The van der Waals surface area contributed by atoms with Gasteiger partial charge < -0.3 is 9.84 Å². The van der Waals surface area contributed by atoms with E-state index in [9.17, 15) is 18.3 Å². The third-order valence-corrected chi connectivity index (χ3v) is 4.25. The lowest BCUT2D eigenvalue weighted by Crippen LogP contribution is -2.35. The summed E-state index contributed by atoms with van der Waals surface area (Å²) in [7, 11) is 0. The molecule has 0 amide bonds. The Morgan fingerprint density at radius 1 is 1.25 bits per heavy atom. The lowest BCUT2D eigenvalue weighted by Gasteiger charge is -2.39. The minimum atomic E-state index is -4.71. The second kappa shape index (κ2) is 5.28. The van der Waals surface area contributed by atoms with Crippen molar-refractivity contribution in [2.75, 3.05) is 0 Å². The van der Waals surface area contributed by atoms with Crippen LogP contribution in [0.15, 0.2) is 24.3 Å². The van der Waals surface area contributed by atoms with E-state index in [0.717, 1.165) is 6.42 Å². The molecule has 1 aromatic carbocycles. The van der Waals surface area contributed by atoms with Gasteiger partial charge in [-0.05, 0) is 48.8 Å². The SMILES string of the molecule is CC1CCC(O)(c2cccc(OC(F)(F)F)c2)CC1C. The minimum Gasteiger partial charge on any atom is -0.406 e. The van der Waals surface area contributed by atoms with Crippen molar-refractivity contribution in [2.45, 2.75) is 45.1 Å². The van der Waals surface area contributed by atoms with Crippen LogP contribution >= 0.6 is 0 Å². The quantitative estimate of drug-likeness (QED) is 0.882. The van der Waals surface area contributed by atoms with Crippen molar-refractivity contribution >= 4 is 0 Å². The molecule has 20 heavy (non-hydrogen) atoms. The third-order valence-electron chi connectivity index (χ3n) is 4.25. The topological polar surface area (TPSA) is 29.5 Å². The maximum atomic E-state index is 12.2. The Hall–Kier alpha value is -1.23. The lowest BCUT2D eigenvalue weighted by molar-refractivity contribution is -0.274. The first-order chi connectivity index (χ1) is 9.20. The minimum absolute atomic E-state index is 0.283. The fourth-order valence-corrected chi connectivity index (χ4v) is 2.83. The van der Waals surface area contributed by atoms with Gasteiger partial charge in [0.1, 0.15) is 5.75 Å². The van der Waals surface area contributed by atoms with Gasteiger partial charge in [0.2, 0.25) is 0 Å². The Labute approximate surface area is 116 Å². The molecule has 1 fully saturated rings. The Bertz CT molecular complexity index is 472. The van der Waals surface area contributed by atoms with E-state index < -0.39 is 12.0 Å². The lowest BCUT2D eigenvalue weighted by atomic mass is 9.70. The Morgan fingerprint density at radius 2 is 1.95 bits per heavy atom. The van der Waals surface area contributed by atoms with Crippen LogP contribution < -0.4 is 4.74 Å². The number of hydrogen-bond donors (Lipinski definition) is 1. The molecule has 0 spiro atoms. The van der Waals surface area contributed by atoms with Crippen molar-refractivity contribution in [3.05, 3.63) is 29.8 Å². The maximum absolute atomic E-state index is 12.2. The predicted octanol–water partition coefficient (Wildman–Crippen LogP) is 4.23. The maximum Gasteiger partial charge on any atom is 0.573 e. The van der Waals surface area contributed by atoms with E-state index in [0.29, 0.717) is 30.2 Å². The van der Waals surface area contributed by atoms with E-state index >= 15 is 0 Å². The second-order valence-electron chi connectivity index (χ2n) is 5.80. The number of halogens is 3. The molecule has 3 atom stereocenters. The average Bonchev–Trinajstić information content (AvgIpc) is 2.33. The summed E-state index contributed by atoms with van der Waals surface area (Å²) in [5.41, 5.74) is -0.560. The summed E-state index contributed by atoms with van der Waals surface area (Å²) in [6, 6.07) is 5.68. The van der Waals surface area contributed by atoms with Crippen LogP contribution in [0.4, 0.5) is 13.2 Å².